The lowest BCUT2D eigenvalue weighted by atomic mass is 10.1. The van der Waals surface area contributed by atoms with Gasteiger partial charge in [-0.25, -0.2) is 0 Å². The van der Waals surface area contributed by atoms with E-state index in [1.807, 2.05) is 6.07 Å². The van der Waals surface area contributed by atoms with Crippen molar-refractivity contribution in [1.29, 1.82) is 0 Å². The molecule has 0 radical (unpaired) electrons. The third-order valence-electron chi connectivity index (χ3n) is 3.21. The van der Waals surface area contributed by atoms with Gasteiger partial charge < -0.3 is 14.2 Å². The summed E-state index contributed by atoms with van der Waals surface area (Å²) in [4.78, 5) is 12.2. The second kappa shape index (κ2) is 7.31. The molecule has 114 valence electrons. The number of allylic oxidation sites excluding steroid dienone is 1. The third kappa shape index (κ3) is 3.67. The average molecular weight is 298 g/mol. The SMILES string of the molecule is COc1cccc(C(=O)C=Cc2cc(OC)ccc2OC)c1. The van der Waals surface area contributed by atoms with Gasteiger partial charge >= 0.3 is 0 Å². The lowest BCUT2D eigenvalue weighted by molar-refractivity contribution is 0.104. The number of benzene rings is 2. The molecule has 0 atom stereocenters. The van der Waals surface area contributed by atoms with E-state index in [4.69, 9.17) is 14.2 Å². The van der Waals surface area contributed by atoms with Crippen molar-refractivity contribution < 1.29 is 19.0 Å². The van der Waals surface area contributed by atoms with E-state index in [2.05, 4.69) is 0 Å². The zero-order valence-electron chi connectivity index (χ0n) is 12.8. The maximum atomic E-state index is 12.2. The molecule has 0 spiro atoms. The highest BCUT2D eigenvalue weighted by atomic mass is 16.5. The molecule has 0 saturated heterocycles. The molecule has 0 N–H and O–H groups in total. The van der Waals surface area contributed by atoms with Crippen LogP contribution >= 0.6 is 0 Å². The highest BCUT2D eigenvalue weighted by molar-refractivity contribution is 6.07. The van der Waals surface area contributed by atoms with E-state index >= 15 is 0 Å². The van der Waals surface area contributed by atoms with Crippen LogP contribution in [-0.4, -0.2) is 27.1 Å². The number of ketones is 1. The van der Waals surface area contributed by atoms with Gasteiger partial charge in [-0.15, -0.1) is 0 Å². The predicted molar refractivity (Wildman–Crippen MR) is 85.9 cm³/mol. The van der Waals surface area contributed by atoms with Crippen molar-refractivity contribution >= 4 is 11.9 Å². The van der Waals surface area contributed by atoms with Gasteiger partial charge in [0.2, 0.25) is 0 Å². The van der Waals surface area contributed by atoms with Gasteiger partial charge in [-0.3, -0.25) is 4.79 Å². The summed E-state index contributed by atoms with van der Waals surface area (Å²) in [6.45, 7) is 0. The van der Waals surface area contributed by atoms with Crippen molar-refractivity contribution in [3.05, 3.63) is 59.7 Å². The van der Waals surface area contributed by atoms with E-state index in [1.165, 1.54) is 6.08 Å². The summed E-state index contributed by atoms with van der Waals surface area (Å²) < 4.78 is 15.6. The maximum Gasteiger partial charge on any atom is 0.185 e. The van der Waals surface area contributed by atoms with Crippen LogP contribution in [0, 0.1) is 0 Å². The van der Waals surface area contributed by atoms with Crippen molar-refractivity contribution in [1.82, 2.24) is 0 Å². The molecule has 0 heterocycles. The van der Waals surface area contributed by atoms with Crippen molar-refractivity contribution in [2.75, 3.05) is 21.3 Å². The topological polar surface area (TPSA) is 44.8 Å². The molecular formula is C18H18O4. The molecule has 0 aromatic heterocycles. The van der Waals surface area contributed by atoms with Gasteiger partial charge in [0.1, 0.15) is 17.2 Å². The Morgan fingerprint density at radius 2 is 1.64 bits per heavy atom. The standard InChI is InChI=1S/C18H18O4/c1-20-15-6-4-5-13(11-15)17(19)9-7-14-12-16(21-2)8-10-18(14)22-3/h4-12H,1-3H3. The Balaban J connectivity index is 2.25. The maximum absolute atomic E-state index is 12.2. The predicted octanol–water partition coefficient (Wildman–Crippen LogP) is 3.61. The molecule has 22 heavy (non-hydrogen) atoms. The summed E-state index contributed by atoms with van der Waals surface area (Å²) >= 11 is 0. The van der Waals surface area contributed by atoms with Crippen molar-refractivity contribution in [3.63, 3.8) is 0 Å². The van der Waals surface area contributed by atoms with Crippen LogP contribution in [0.25, 0.3) is 6.08 Å². The summed E-state index contributed by atoms with van der Waals surface area (Å²) in [6.07, 6.45) is 3.22. The zero-order chi connectivity index (χ0) is 15.9. The minimum absolute atomic E-state index is 0.108. The number of carbonyl (C=O) groups excluding carboxylic acids is 1. The summed E-state index contributed by atoms with van der Waals surface area (Å²) in [5.74, 6) is 1.92. The number of rotatable bonds is 6. The van der Waals surface area contributed by atoms with E-state index in [1.54, 1.807) is 63.8 Å². The molecule has 4 nitrogen and oxygen atoms in total. The quantitative estimate of drug-likeness (QED) is 0.603. The first-order valence-electron chi connectivity index (χ1n) is 6.76. The Morgan fingerprint density at radius 3 is 2.32 bits per heavy atom. The zero-order valence-corrected chi connectivity index (χ0v) is 12.8. The van der Waals surface area contributed by atoms with Crippen molar-refractivity contribution in [2.45, 2.75) is 0 Å². The van der Waals surface area contributed by atoms with Crippen LogP contribution in [0.1, 0.15) is 15.9 Å². The van der Waals surface area contributed by atoms with Gasteiger partial charge in [0.05, 0.1) is 21.3 Å². The minimum Gasteiger partial charge on any atom is -0.497 e. The number of carbonyl (C=O) groups is 1. The van der Waals surface area contributed by atoms with Crippen LogP contribution in [0.4, 0.5) is 0 Å². The minimum atomic E-state index is -0.108. The summed E-state index contributed by atoms with van der Waals surface area (Å²) in [6, 6.07) is 12.5. The Hall–Kier alpha value is -2.75. The molecule has 0 unspecified atom stereocenters. The van der Waals surface area contributed by atoms with Gasteiger partial charge in [-0.05, 0) is 42.5 Å². The molecule has 0 fully saturated rings. The lowest BCUT2D eigenvalue weighted by Gasteiger charge is -2.07. The first-order chi connectivity index (χ1) is 10.7. The molecule has 2 aromatic carbocycles. The molecule has 0 aliphatic rings. The van der Waals surface area contributed by atoms with Crippen molar-refractivity contribution in [2.24, 2.45) is 0 Å². The molecule has 0 aliphatic carbocycles. The van der Waals surface area contributed by atoms with Gasteiger partial charge in [0.15, 0.2) is 5.78 Å². The molecule has 0 saturated carbocycles. The highest BCUT2D eigenvalue weighted by Gasteiger charge is 2.05. The second-order valence-corrected chi connectivity index (χ2v) is 4.54. The summed E-state index contributed by atoms with van der Waals surface area (Å²) in [7, 11) is 4.75. The van der Waals surface area contributed by atoms with E-state index < -0.39 is 0 Å². The van der Waals surface area contributed by atoms with Crippen LogP contribution in [-0.2, 0) is 0 Å². The molecular weight excluding hydrogens is 280 g/mol. The van der Waals surface area contributed by atoms with Crippen LogP contribution < -0.4 is 14.2 Å². The smallest absolute Gasteiger partial charge is 0.185 e. The van der Waals surface area contributed by atoms with Gasteiger partial charge in [-0.2, -0.15) is 0 Å². The van der Waals surface area contributed by atoms with E-state index in [0.29, 0.717) is 22.8 Å². The number of methoxy groups -OCH3 is 3. The number of hydrogen-bond acceptors (Lipinski definition) is 4. The van der Waals surface area contributed by atoms with E-state index in [0.717, 1.165) is 5.56 Å². The summed E-state index contributed by atoms with van der Waals surface area (Å²) in [5.41, 5.74) is 1.34. The Labute approximate surface area is 129 Å². The second-order valence-electron chi connectivity index (χ2n) is 4.54. The van der Waals surface area contributed by atoms with Gasteiger partial charge in [0, 0.05) is 11.1 Å². The van der Waals surface area contributed by atoms with Crippen LogP contribution in [0.3, 0.4) is 0 Å². The van der Waals surface area contributed by atoms with Crippen LogP contribution in [0.5, 0.6) is 17.2 Å². The average Bonchev–Trinajstić information content (AvgIpc) is 2.59. The van der Waals surface area contributed by atoms with Crippen molar-refractivity contribution in [3.8, 4) is 17.2 Å². The largest absolute Gasteiger partial charge is 0.497 e. The Bertz CT molecular complexity index is 689. The molecule has 0 amide bonds. The highest BCUT2D eigenvalue weighted by Crippen LogP contribution is 2.25. The number of hydrogen-bond donors (Lipinski definition) is 0. The fraction of sp³-hybridized carbons (Fsp3) is 0.167. The van der Waals surface area contributed by atoms with E-state index in [-0.39, 0.29) is 5.78 Å². The lowest BCUT2D eigenvalue weighted by Crippen LogP contribution is -1.95. The fourth-order valence-electron chi connectivity index (χ4n) is 2.01. The van der Waals surface area contributed by atoms with Gasteiger partial charge in [-0.1, -0.05) is 12.1 Å². The fourth-order valence-corrected chi connectivity index (χ4v) is 2.01. The first-order valence-corrected chi connectivity index (χ1v) is 6.76. The molecule has 2 rings (SSSR count). The first kappa shape index (κ1) is 15.6. The molecule has 2 aromatic rings. The summed E-state index contributed by atoms with van der Waals surface area (Å²) in [5, 5.41) is 0. The van der Waals surface area contributed by atoms with Gasteiger partial charge in [0.25, 0.3) is 0 Å². The Kier molecular flexibility index (Phi) is 5.20. The molecule has 0 aliphatic heterocycles. The molecule has 4 heteroatoms. The monoisotopic (exact) mass is 298 g/mol. The third-order valence-corrected chi connectivity index (χ3v) is 3.21. The van der Waals surface area contributed by atoms with Crippen LogP contribution in [0.2, 0.25) is 0 Å². The number of ether oxygens (including phenoxy) is 3. The van der Waals surface area contributed by atoms with E-state index in [9.17, 15) is 4.79 Å². The normalized spacial score (nSPS) is 10.5. The molecule has 0 bridgehead atoms. The Morgan fingerprint density at radius 1 is 0.909 bits per heavy atom. The van der Waals surface area contributed by atoms with Crippen LogP contribution in [0.15, 0.2) is 48.5 Å².